The molecule has 1 unspecified atom stereocenters. The number of esters is 1. The number of carbonyl (C=O) groups is 1. The predicted octanol–water partition coefficient (Wildman–Crippen LogP) is 2.85. The Bertz CT molecular complexity index is 592. The Labute approximate surface area is 129 Å². The molecular formula is C15H21N3O2S. The summed E-state index contributed by atoms with van der Waals surface area (Å²) in [5, 5.41) is 6.26. The van der Waals surface area contributed by atoms with E-state index in [0.717, 1.165) is 5.69 Å². The normalized spacial score (nSPS) is 12.6. The molecule has 0 spiro atoms. The van der Waals surface area contributed by atoms with Crippen molar-refractivity contribution in [1.82, 2.24) is 14.7 Å². The fraction of sp³-hybridized carbons (Fsp3) is 0.467. The maximum atomic E-state index is 12.0. The molecule has 1 atom stereocenters. The molecule has 0 aromatic carbocycles. The fourth-order valence-electron chi connectivity index (χ4n) is 2.15. The van der Waals surface area contributed by atoms with Crippen LogP contribution in [0.2, 0.25) is 0 Å². The zero-order chi connectivity index (χ0) is 15.4. The lowest BCUT2D eigenvalue weighted by molar-refractivity contribution is 0.0523. The molecule has 0 bridgehead atoms. The number of ether oxygens (including phenoxy) is 1. The van der Waals surface area contributed by atoms with Crippen LogP contribution in [0.4, 0.5) is 0 Å². The lowest BCUT2D eigenvalue weighted by atomic mass is 10.2. The monoisotopic (exact) mass is 307 g/mol. The molecule has 0 saturated heterocycles. The predicted molar refractivity (Wildman–Crippen MR) is 83.4 cm³/mol. The second-order valence-corrected chi connectivity index (χ2v) is 5.93. The van der Waals surface area contributed by atoms with Gasteiger partial charge in [0.1, 0.15) is 5.56 Å². The van der Waals surface area contributed by atoms with Gasteiger partial charge in [-0.2, -0.15) is 5.10 Å². The molecular weight excluding hydrogens is 286 g/mol. The minimum Gasteiger partial charge on any atom is -0.462 e. The van der Waals surface area contributed by atoms with Gasteiger partial charge >= 0.3 is 5.97 Å². The third-order valence-electron chi connectivity index (χ3n) is 3.57. The van der Waals surface area contributed by atoms with Gasteiger partial charge in [0.05, 0.1) is 18.5 Å². The highest BCUT2D eigenvalue weighted by Crippen LogP contribution is 2.25. The number of hydrogen-bond acceptors (Lipinski definition) is 5. The van der Waals surface area contributed by atoms with Gasteiger partial charge in [-0.15, -0.1) is 11.3 Å². The van der Waals surface area contributed by atoms with Crippen LogP contribution in [-0.2, 0) is 18.3 Å². The van der Waals surface area contributed by atoms with Crippen LogP contribution in [0.25, 0.3) is 0 Å². The zero-order valence-electron chi connectivity index (χ0n) is 12.9. The molecule has 6 heteroatoms. The van der Waals surface area contributed by atoms with Crippen LogP contribution in [0.3, 0.4) is 0 Å². The van der Waals surface area contributed by atoms with Gasteiger partial charge in [-0.05, 0) is 32.3 Å². The van der Waals surface area contributed by atoms with Gasteiger partial charge in [0, 0.05) is 24.5 Å². The smallest absolute Gasteiger partial charge is 0.341 e. The highest BCUT2D eigenvalue weighted by molar-refractivity contribution is 7.10. The molecule has 0 saturated carbocycles. The average molecular weight is 307 g/mol. The van der Waals surface area contributed by atoms with E-state index in [1.807, 2.05) is 14.1 Å². The van der Waals surface area contributed by atoms with Crippen LogP contribution in [0.1, 0.15) is 40.8 Å². The molecule has 2 aromatic heterocycles. The Morgan fingerprint density at radius 3 is 2.95 bits per heavy atom. The number of rotatable bonds is 6. The molecule has 114 valence electrons. The zero-order valence-corrected chi connectivity index (χ0v) is 13.7. The molecule has 2 heterocycles. The molecule has 0 aliphatic carbocycles. The van der Waals surface area contributed by atoms with Crippen molar-refractivity contribution in [2.24, 2.45) is 7.05 Å². The molecule has 0 aliphatic rings. The summed E-state index contributed by atoms with van der Waals surface area (Å²) in [5.74, 6) is -0.308. The first-order valence-corrected chi connectivity index (χ1v) is 7.84. The number of nitrogens with zero attached hydrogens (tertiary/aromatic N) is 3. The number of carbonyl (C=O) groups excluding carboxylic acids is 1. The lowest BCUT2D eigenvalue weighted by Crippen LogP contribution is -2.24. The Morgan fingerprint density at radius 1 is 1.57 bits per heavy atom. The van der Waals surface area contributed by atoms with Crippen molar-refractivity contribution in [3.63, 3.8) is 0 Å². The van der Waals surface area contributed by atoms with Crippen molar-refractivity contribution >= 4 is 17.3 Å². The van der Waals surface area contributed by atoms with Gasteiger partial charge in [-0.25, -0.2) is 4.79 Å². The summed E-state index contributed by atoms with van der Waals surface area (Å²) >= 11 is 1.74. The standard InChI is InChI=1S/C15H21N3O2S/c1-5-20-15(19)12-9-16-18(4)13(12)10-17(3)11(2)14-7-6-8-21-14/h6-9,11H,5,10H2,1-4H3. The largest absolute Gasteiger partial charge is 0.462 e. The molecule has 0 fully saturated rings. The third-order valence-corrected chi connectivity index (χ3v) is 4.61. The van der Waals surface area contributed by atoms with Crippen LogP contribution in [-0.4, -0.2) is 34.3 Å². The summed E-state index contributed by atoms with van der Waals surface area (Å²) in [4.78, 5) is 15.5. The lowest BCUT2D eigenvalue weighted by Gasteiger charge is -2.24. The highest BCUT2D eigenvalue weighted by atomic mass is 32.1. The Kier molecular flexibility index (Phi) is 5.14. The molecule has 0 radical (unpaired) electrons. The van der Waals surface area contributed by atoms with Gasteiger partial charge in [-0.3, -0.25) is 9.58 Å². The summed E-state index contributed by atoms with van der Waals surface area (Å²) in [6, 6.07) is 4.47. The van der Waals surface area contributed by atoms with Crippen molar-refractivity contribution in [2.75, 3.05) is 13.7 Å². The number of aryl methyl sites for hydroxylation is 1. The van der Waals surface area contributed by atoms with Crippen LogP contribution in [0, 0.1) is 0 Å². The number of hydrogen-bond donors (Lipinski definition) is 0. The molecule has 0 N–H and O–H groups in total. The topological polar surface area (TPSA) is 47.4 Å². The van der Waals surface area contributed by atoms with Crippen LogP contribution >= 0.6 is 11.3 Å². The van der Waals surface area contributed by atoms with Gasteiger partial charge in [0.2, 0.25) is 0 Å². The van der Waals surface area contributed by atoms with Crippen molar-refractivity contribution < 1.29 is 9.53 Å². The summed E-state index contributed by atoms with van der Waals surface area (Å²) in [6.07, 6.45) is 1.58. The van der Waals surface area contributed by atoms with Gasteiger partial charge in [-0.1, -0.05) is 6.07 Å². The quantitative estimate of drug-likeness (QED) is 0.770. The van der Waals surface area contributed by atoms with E-state index in [1.165, 1.54) is 4.88 Å². The fourth-order valence-corrected chi connectivity index (χ4v) is 3.00. The minimum atomic E-state index is -0.308. The van der Waals surface area contributed by atoms with E-state index in [4.69, 9.17) is 4.74 Å². The second-order valence-electron chi connectivity index (χ2n) is 4.96. The Hall–Kier alpha value is -1.66. The summed E-state index contributed by atoms with van der Waals surface area (Å²) < 4.78 is 6.83. The van der Waals surface area contributed by atoms with Crippen molar-refractivity contribution in [2.45, 2.75) is 26.4 Å². The molecule has 0 amide bonds. The number of aromatic nitrogens is 2. The maximum Gasteiger partial charge on any atom is 0.341 e. The summed E-state index contributed by atoms with van der Waals surface area (Å²) in [6.45, 7) is 4.98. The highest BCUT2D eigenvalue weighted by Gasteiger charge is 2.21. The maximum absolute atomic E-state index is 12.0. The molecule has 5 nitrogen and oxygen atoms in total. The first kappa shape index (κ1) is 15.7. The van der Waals surface area contributed by atoms with Crippen molar-refractivity contribution in [3.05, 3.63) is 39.8 Å². The molecule has 21 heavy (non-hydrogen) atoms. The van der Waals surface area contributed by atoms with Crippen molar-refractivity contribution in [1.29, 1.82) is 0 Å². The van der Waals surface area contributed by atoms with E-state index in [-0.39, 0.29) is 12.0 Å². The van der Waals surface area contributed by atoms with Crippen molar-refractivity contribution in [3.8, 4) is 0 Å². The van der Waals surface area contributed by atoms with Gasteiger partial charge in [0.15, 0.2) is 0 Å². The molecule has 0 aliphatic heterocycles. The SMILES string of the molecule is CCOC(=O)c1cnn(C)c1CN(C)C(C)c1cccs1. The first-order chi connectivity index (χ1) is 10.0. The van der Waals surface area contributed by atoms with Crippen LogP contribution in [0.15, 0.2) is 23.7 Å². The number of thiophene rings is 1. The van der Waals surface area contributed by atoms with Gasteiger partial charge in [0.25, 0.3) is 0 Å². The van der Waals surface area contributed by atoms with Crippen LogP contribution in [0.5, 0.6) is 0 Å². The van der Waals surface area contributed by atoms with E-state index in [9.17, 15) is 4.79 Å². The van der Waals surface area contributed by atoms with E-state index >= 15 is 0 Å². The Morgan fingerprint density at radius 2 is 2.33 bits per heavy atom. The van der Waals surface area contributed by atoms with Crippen LogP contribution < -0.4 is 0 Å². The summed E-state index contributed by atoms with van der Waals surface area (Å²) in [5.41, 5.74) is 1.42. The van der Waals surface area contributed by atoms with E-state index < -0.39 is 0 Å². The second kappa shape index (κ2) is 6.87. The summed E-state index contributed by atoms with van der Waals surface area (Å²) in [7, 11) is 3.90. The minimum absolute atomic E-state index is 0.287. The third kappa shape index (κ3) is 3.51. The van der Waals surface area contributed by atoms with E-state index in [2.05, 4.69) is 34.4 Å². The average Bonchev–Trinajstić information content (AvgIpc) is 3.09. The van der Waals surface area contributed by atoms with Gasteiger partial charge < -0.3 is 4.74 Å². The first-order valence-electron chi connectivity index (χ1n) is 6.96. The van der Waals surface area contributed by atoms with E-state index in [1.54, 1.807) is 29.1 Å². The molecule has 2 rings (SSSR count). The van der Waals surface area contributed by atoms with E-state index in [0.29, 0.717) is 18.7 Å². The molecule has 2 aromatic rings. The Balaban J connectivity index is 2.15.